The maximum Gasteiger partial charge on any atom is 0.525 e. The van der Waals surface area contributed by atoms with Crippen LogP contribution in [0, 0.1) is 5.82 Å². The average Bonchev–Trinajstić information content (AvgIpc) is 2.81. The van der Waals surface area contributed by atoms with Crippen molar-refractivity contribution >= 4 is 29.2 Å². The van der Waals surface area contributed by atoms with Gasteiger partial charge in [0.2, 0.25) is 0 Å². The standard InChI is InChI=1S/C23H14ClF7N2O5/c24-16-4-2-1-3-15(16)19(34)33-21(35)32-18-10-9-14(11-17(18)25)36-12-5-7-13(8-6-12)37-22(27,28)20(26)38-23(29,30)31/h1-11,20H,(H2,32,33,34,35). The third kappa shape index (κ3) is 7.98. The Kier molecular flexibility index (Phi) is 8.68. The summed E-state index contributed by atoms with van der Waals surface area (Å²) in [5.74, 6) is -2.68. The molecule has 202 valence electrons. The van der Waals surface area contributed by atoms with Crippen LogP contribution in [-0.2, 0) is 4.74 Å². The average molecular weight is 567 g/mol. The first-order valence-electron chi connectivity index (χ1n) is 10.1. The smallest absolute Gasteiger partial charge is 0.457 e. The van der Waals surface area contributed by atoms with Crippen molar-refractivity contribution in [1.29, 1.82) is 0 Å². The predicted octanol–water partition coefficient (Wildman–Crippen LogP) is 7.04. The molecule has 0 saturated carbocycles. The van der Waals surface area contributed by atoms with Gasteiger partial charge < -0.3 is 14.8 Å². The number of anilines is 1. The third-order valence-corrected chi connectivity index (χ3v) is 4.68. The lowest BCUT2D eigenvalue weighted by molar-refractivity contribution is -0.411. The summed E-state index contributed by atoms with van der Waals surface area (Å²) in [6, 6.07) is 11.8. The minimum Gasteiger partial charge on any atom is -0.457 e. The van der Waals surface area contributed by atoms with E-state index in [4.69, 9.17) is 16.3 Å². The van der Waals surface area contributed by atoms with Crippen LogP contribution in [-0.4, -0.2) is 30.8 Å². The van der Waals surface area contributed by atoms with E-state index in [0.717, 1.165) is 36.4 Å². The van der Waals surface area contributed by atoms with Gasteiger partial charge in [-0.05, 0) is 48.5 Å². The Morgan fingerprint density at radius 2 is 1.47 bits per heavy atom. The van der Waals surface area contributed by atoms with E-state index in [9.17, 15) is 40.3 Å². The molecule has 3 rings (SSSR count). The first kappa shape index (κ1) is 28.5. The van der Waals surface area contributed by atoms with Crippen molar-refractivity contribution in [3.05, 3.63) is 83.1 Å². The Balaban J connectivity index is 1.58. The van der Waals surface area contributed by atoms with Crippen LogP contribution < -0.4 is 20.1 Å². The highest BCUT2D eigenvalue weighted by Gasteiger charge is 2.50. The van der Waals surface area contributed by atoms with Gasteiger partial charge in [0.25, 0.3) is 5.91 Å². The van der Waals surface area contributed by atoms with E-state index in [2.05, 4.69) is 14.8 Å². The normalized spacial score (nSPS) is 12.4. The number of halogens is 8. The van der Waals surface area contributed by atoms with Crippen molar-refractivity contribution < 1.29 is 54.5 Å². The topological polar surface area (TPSA) is 85.9 Å². The van der Waals surface area contributed by atoms with Crippen LogP contribution in [0.1, 0.15) is 10.4 Å². The molecule has 0 saturated heterocycles. The molecule has 0 spiro atoms. The van der Waals surface area contributed by atoms with Gasteiger partial charge in [0.1, 0.15) is 23.1 Å². The SMILES string of the molecule is O=C(NC(=O)c1ccccc1Cl)Nc1ccc(Oc2ccc(OC(F)(F)C(F)OC(F)(F)F)cc2)cc1F. The number of benzene rings is 3. The van der Waals surface area contributed by atoms with E-state index in [-0.39, 0.29) is 27.8 Å². The second kappa shape index (κ2) is 11.6. The largest absolute Gasteiger partial charge is 0.525 e. The molecule has 0 radical (unpaired) electrons. The molecular formula is C23H14ClF7N2O5. The Hall–Kier alpha value is -4.04. The van der Waals surface area contributed by atoms with Gasteiger partial charge in [0, 0.05) is 6.07 Å². The number of rotatable bonds is 8. The minimum atomic E-state index is -5.65. The van der Waals surface area contributed by atoms with E-state index in [1.54, 1.807) is 6.07 Å². The summed E-state index contributed by atoms with van der Waals surface area (Å²) < 4.78 is 102. The molecule has 0 aliphatic rings. The van der Waals surface area contributed by atoms with Crippen molar-refractivity contribution in [2.24, 2.45) is 0 Å². The summed E-state index contributed by atoms with van der Waals surface area (Å²) in [5, 5.41) is 4.21. The van der Waals surface area contributed by atoms with E-state index >= 15 is 0 Å². The summed E-state index contributed by atoms with van der Waals surface area (Å²) >= 11 is 5.88. The van der Waals surface area contributed by atoms with Crippen LogP contribution in [0.15, 0.2) is 66.7 Å². The van der Waals surface area contributed by atoms with Crippen LogP contribution in [0.25, 0.3) is 0 Å². The molecular weight excluding hydrogens is 553 g/mol. The number of nitrogens with one attached hydrogen (secondary N) is 2. The highest BCUT2D eigenvalue weighted by atomic mass is 35.5. The molecule has 3 amide bonds. The van der Waals surface area contributed by atoms with Crippen molar-refractivity contribution in [2.45, 2.75) is 18.8 Å². The molecule has 7 nitrogen and oxygen atoms in total. The molecule has 0 aliphatic carbocycles. The lowest BCUT2D eigenvalue weighted by Gasteiger charge is -2.22. The Morgan fingerprint density at radius 3 is 2.08 bits per heavy atom. The summed E-state index contributed by atoms with van der Waals surface area (Å²) in [6.45, 7) is 0. The van der Waals surface area contributed by atoms with Crippen molar-refractivity contribution in [2.75, 3.05) is 5.32 Å². The lowest BCUT2D eigenvalue weighted by atomic mass is 10.2. The monoisotopic (exact) mass is 566 g/mol. The molecule has 3 aromatic carbocycles. The maximum absolute atomic E-state index is 14.4. The predicted molar refractivity (Wildman–Crippen MR) is 118 cm³/mol. The van der Waals surface area contributed by atoms with Crippen LogP contribution in [0.2, 0.25) is 5.02 Å². The summed E-state index contributed by atoms with van der Waals surface area (Å²) in [6.07, 6.45) is -14.7. The van der Waals surface area contributed by atoms with Crippen LogP contribution in [0.3, 0.4) is 0 Å². The van der Waals surface area contributed by atoms with Gasteiger partial charge in [-0.2, -0.15) is 8.78 Å². The quantitative estimate of drug-likeness (QED) is 0.286. The van der Waals surface area contributed by atoms with Crippen molar-refractivity contribution in [3.63, 3.8) is 0 Å². The van der Waals surface area contributed by atoms with Gasteiger partial charge >= 0.3 is 24.9 Å². The maximum atomic E-state index is 14.4. The molecule has 0 aromatic heterocycles. The van der Waals surface area contributed by atoms with Gasteiger partial charge in [-0.25, -0.2) is 18.3 Å². The second-order valence-electron chi connectivity index (χ2n) is 7.15. The number of carbonyl (C=O) groups excluding carboxylic acids is 2. The van der Waals surface area contributed by atoms with Gasteiger partial charge in [0.15, 0.2) is 0 Å². The van der Waals surface area contributed by atoms with E-state index in [1.165, 1.54) is 24.3 Å². The fourth-order valence-electron chi connectivity index (χ4n) is 2.73. The van der Waals surface area contributed by atoms with Crippen molar-refractivity contribution in [3.8, 4) is 17.2 Å². The molecule has 2 N–H and O–H groups in total. The zero-order valence-electron chi connectivity index (χ0n) is 18.5. The number of imide groups is 1. The molecule has 0 aliphatic heterocycles. The first-order valence-corrected chi connectivity index (χ1v) is 10.5. The van der Waals surface area contributed by atoms with Gasteiger partial charge in [-0.1, -0.05) is 23.7 Å². The molecule has 15 heteroatoms. The fourth-order valence-corrected chi connectivity index (χ4v) is 2.95. The van der Waals surface area contributed by atoms with E-state index < -0.39 is 42.3 Å². The summed E-state index contributed by atoms with van der Waals surface area (Å²) in [4.78, 5) is 24.1. The summed E-state index contributed by atoms with van der Waals surface area (Å²) in [7, 11) is 0. The molecule has 1 atom stereocenters. The Morgan fingerprint density at radius 1 is 0.868 bits per heavy atom. The Bertz CT molecular complexity index is 1310. The Labute approximate surface area is 214 Å². The molecule has 1 unspecified atom stereocenters. The van der Waals surface area contributed by atoms with Gasteiger partial charge in [-0.3, -0.25) is 10.1 Å². The highest BCUT2D eigenvalue weighted by molar-refractivity contribution is 6.34. The summed E-state index contributed by atoms with van der Waals surface area (Å²) in [5.41, 5.74) is -0.303. The van der Waals surface area contributed by atoms with Crippen LogP contribution in [0.4, 0.5) is 41.2 Å². The molecule has 0 fully saturated rings. The van der Waals surface area contributed by atoms with Crippen LogP contribution in [0.5, 0.6) is 17.2 Å². The molecule has 3 aromatic rings. The number of hydrogen-bond donors (Lipinski definition) is 2. The van der Waals surface area contributed by atoms with Crippen LogP contribution >= 0.6 is 11.6 Å². The number of urea groups is 1. The fraction of sp³-hybridized carbons (Fsp3) is 0.130. The minimum absolute atomic E-state index is 0.0211. The van der Waals surface area contributed by atoms with E-state index in [1.807, 2.05) is 5.32 Å². The number of hydrogen-bond acceptors (Lipinski definition) is 5. The third-order valence-electron chi connectivity index (χ3n) is 4.35. The van der Waals surface area contributed by atoms with Crippen molar-refractivity contribution in [1.82, 2.24) is 5.32 Å². The lowest BCUT2D eigenvalue weighted by Crippen LogP contribution is -2.41. The van der Waals surface area contributed by atoms with Gasteiger partial charge in [-0.15, -0.1) is 13.2 Å². The molecule has 0 heterocycles. The van der Waals surface area contributed by atoms with E-state index in [0.29, 0.717) is 0 Å². The first-order chi connectivity index (χ1) is 17.7. The number of amides is 3. The molecule has 38 heavy (non-hydrogen) atoms. The number of ether oxygens (including phenoxy) is 3. The second-order valence-corrected chi connectivity index (χ2v) is 7.55. The number of carbonyl (C=O) groups is 2. The number of alkyl halides is 6. The molecule has 0 bridgehead atoms. The zero-order valence-corrected chi connectivity index (χ0v) is 19.2. The highest BCUT2D eigenvalue weighted by Crippen LogP contribution is 2.33. The zero-order chi connectivity index (χ0) is 28.1. The van der Waals surface area contributed by atoms with Gasteiger partial charge in [0.05, 0.1) is 16.3 Å².